The van der Waals surface area contributed by atoms with Crippen LogP contribution in [0.1, 0.15) is 30.1 Å². The lowest BCUT2D eigenvalue weighted by Crippen LogP contribution is -2.45. The molecule has 34 heavy (non-hydrogen) atoms. The van der Waals surface area contributed by atoms with Crippen molar-refractivity contribution in [1.29, 1.82) is 0 Å². The van der Waals surface area contributed by atoms with E-state index in [1.165, 1.54) is 17.3 Å². The van der Waals surface area contributed by atoms with E-state index in [0.29, 0.717) is 10.8 Å². The largest absolute Gasteiger partial charge is 0.382 e. The van der Waals surface area contributed by atoms with Crippen LogP contribution in [0.2, 0.25) is 5.02 Å². The normalized spacial score (nSPS) is 19.1. The monoisotopic (exact) mass is 490 g/mol. The highest BCUT2D eigenvalue weighted by atomic mass is 35.5. The van der Waals surface area contributed by atoms with Crippen LogP contribution < -0.4 is 21.8 Å². The van der Waals surface area contributed by atoms with Gasteiger partial charge in [-0.2, -0.15) is 0 Å². The Hall–Kier alpha value is -2.82. The van der Waals surface area contributed by atoms with Crippen molar-refractivity contribution in [3.63, 3.8) is 0 Å². The number of hydrogen-bond acceptors (Lipinski definition) is 8. The van der Waals surface area contributed by atoms with Gasteiger partial charge in [0.15, 0.2) is 5.65 Å². The Morgan fingerprint density at radius 2 is 1.94 bits per heavy atom. The van der Waals surface area contributed by atoms with Gasteiger partial charge in [0.1, 0.15) is 13.7 Å². The number of nitrogen functional groups attached to an aromatic ring is 1. The fourth-order valence-electron chi connectivity index (χ4n) is 5.29. The van der Waals surface area contributed by atoms with Gasteiger partial charge >= 0.3 is 0 Å². The summed E-state index contributed by atoms with van der Waals surface area (Å²) in [5.74, 6) is 1.22. The minimum absolute atomic E-state index is 0.0409. The third-order valence-corrected chi connectivity index (χ3v) is 8.98. The van der Waals surface area contributed by atoms with Gasteiger partial charge in [-0.1, -0.05) is 34.9 Å². The molecule has 0 radical (unpaired) electrons. The zero-order valence-corrected chi connectivity index (χ0v) is 20.4. The van der Waals surface area contributed by atoms with Gasteiger partial charge in [-0.05, 0) is 36.3 Å². The van der Waals surface area contributed by atoms with Crippen molar-refractivity contribution in [2.24, 2.45) is 11.1 Å². The van der Waals surface area contributed by atoms with E-state index in [4.69, 9.17) is 28.1 Å². The molecule has 5 heterocycles. The second-order valence-corrected chi connectivity index (χ2v) is 10.6. The topological polar surface area (TPSA) is 111 Å². The van der Waals surface area contributed by atoms with Crippen LogP contribution in [0.5, 0.6) is 0 Å². The molecule has 1 atom stereocenters. The van der Waals surface area contributed by atoms with Crippen molar-refractivity contribution in [1.82, 2.24) is 24.3 Å². The molecule has 8 nitrogen and oxygen atoms in total. The number of hydrogen-bond donors (Lipinski definition) is 2. The molecule has 1 fully saturated rings. The number of aromatic nitrogens is 5. The zero-order chi connectivity index (χ0) is 23.4. The SMILES string of the molecule is Bc1cnc(N)c(Cl)c1Sc1cnc(N2CCC3(CC2)Cc2ncccc2C3N)n2ccnc12. The van der Waals surface area contributed by atoms with Gasteiger partial charge in [-0.3, -0.25) is 9.38 Å². The first-order valence-corrected chi connectivity index (χ1v) is 12.5. The minimum atomic E-state index is 0.0409. The van der Waals surface area contributed by atoms with E-state index in [1.54, 1.807) is 12.4 Å². The first-order valence-electron chi connectivity index (χ1n) is 11.3. The highest BCUT2D eigenvalue weighted by Gasteiger charge is 2.46. The van der Waals surface area contributed by atoms with Crippen molar-refractivity contribution in [3.8, 4) is 0 Å². The van der Waals surface area contributed by atoms with Crippen LogP contribution in [0, 0.1) is 5.41 Å². The predicted octanol–water partition coefficient (Wildman–Crippen LogP) is 2.01. The standard InChI is InChI=1S/C23H24BClN8S/c24-14-11-30-20(27)17(25)18(14)34-16-12-31-22(33-9-6-29-21(16)33)32-7-3-23(4-8-32)10-15-13(19(23)26)2-1-5-28-15/h1-2,5-6,9,11-12,19H,3-4,7-8,10,24,26H2,(H2,27,30). The summed E-state index contributed by atoms with van der Waals surface area (Å²) >= 11 is 7.97. The molecule has 4 aromatic heterocycles. The summed E-state index contributed by atoms with van der Waals surface area (Å²) in [6, 6.07) is 4.16. The van der Waals surface area contributed by atoms with E-state index < -0.39 is 0 Å². The van der Waals surface area contributed by atoms with Gasteiger partial charge in [0.25, 0.3) is 0 Å². The average molecular weight is 491 g/mol. The molecule has 2 aliphatic rings. The number of nitrogens with zero attached hydrogens (tertiary/aromatic N) is 6. The van der Waals surface area contributed by atoms with E-state index in [9.17, 15) is 0 Å². The molecular weight excluding hydrogens is 467 g/mol. The van der Waals surface area contributed by atoms with E-state index in [0.717, 1.165) is 64.9 Å². The van der Waals surface area contributed by atoms with Crippen LogP contribution in [0.3, 0.4) is 0 Å². The Balaban J connectivity index is 1.27. The molecule has 4 N–H and O–H groups in total. The van der Waals surface area contributed by atoms with Crippen LogP contribution in [0.25, 0.3) is 5.65 Å². The lowest BCUT2D eigenvalue weighted by atomic mass is 9.73. The number of imidazole rings is 1. The van der Waals surface area contributed by atoms with Gasteiger partial charge < -0.3 is 16.4 Å². The molecular formula is C23H24BClN8S. The summed E-state index contributed by atoms with van der Waals surface area (Å²) in [6.07, 6.45) is 12.2. The van der Waals surface area contributed by atoms with E-state index in [-0.39, 0.29) is 11.5 Å². The lowest BCUT2D eigenvalue weighted by Gasteiger charge is -2.42. The van der Waals surface area contributed by atoms with Crippen LogP contribution in [-0.4, -0.2) is 45.3 Å². The molecule has 0 amide bonds. The van der Waals surface area contributed by atoms with Gasteiger partial charge in [-0.15, -0.1) is 0 Å². The van der Waals surface area contributed by atoms with E-state index in [2.05, 4.69) is 30.3 Å². The van der Waals surface area contributed by atoms with Crippen LogP contribution in [-0.2, 0) is 6.42 Å². The lowest BCUT2D eigenvalue weighted by molar-refractivity contribution is 0.186. The first-order chi connectivity index (χ1) is 16.5. The van der Waals surface area contributed by atoms with Crippen LogP contribution in [0.15, 0.2) is 52.9 Å². The maximum atomic E-state index is 6.73. The average Bonchev–Trinajstić information content (AvgIpc) is 3.44. The molecule has 172 valence electrons. The molecule has 1 spiro atoms. The van der Waals surface area contributed by atoms with E-state index in [1.807, 2.05) is 32.5 Å². The molecule has 1 unspecified atom stereocenters. The zero-order valence-electron chi connectivity index (χ0n) is 18.8. The van der Waals surface area contributed by atoms with Gasteiger partial charge in [0.2, 0.25) is 5.95 Å². The highest BCUT2D eigenvalue weighted by molar-refractivity contribution is 7.99. The molecule has 4 aromatic rings. The summed E-state index contributed by atoms with van der Waals surface area (Å²) in [5, 5.41) is 0.462. The number of nitrogens with two attached hydrogens (primary N) is 2. The third-order valence-electron chi connectivity index (χ3n) is 7.25. The van der Waals surface area contributed by atoms with Crippen molar-refractivity contribution < 1.29 is 0 Å². The predicted molar refractivity (Wildman–Crippen MR) is 138 cm³/mol. The Labute approximate surface area is 207 Å². The van der Waals surface area contributed by atoms with E-state index >= 15 is 0 Å². The number of halogens is 1. The number of piperidine rings is 1. The van der Waals surface area contributed by atoms with Gasteiger partial charge in [0.05, 0.1) is 9.92 Å². The summed E-state index contributed by atoms with van der Waals surface area (Å²) in [4.78, 5) is 22.3. The third kappa shape index (κ3) is 3.35. The Morgan fingerprint density at radius 1 is 1.12 bits per heavy atom. The Morgan fingerprint density at radius 3 is 2.74 bits per heavy atom. The van der Waals surface area contributed by atoms with Crippen LogP contribution >= 0.6 is 23.4 Å². The second kappa shape index (κ2) is 8.14. The molecule has 0 bridgehead atoms. The van der Waals surface area contributed by atoms with Crippen molar-refractivity contribution in [2.75, 3.05) is 23.7 Å². The summed E-state index contributed by atoms with van der Waals surface area (Å²) in [6.45, 7) is 1.78. The van der Waals surface area contributed by atoms with Crippen molar-refractivity contribution >= 4 is 54.1 Å². The summed E-state index contributed by atoms with van der Waals surface area (Å²) in [7, 11) is 1.97. The Kier molecular flexibility index (Phi) is 5.20. The Bertz CT molecular complexity index is 1400. The molecule has 0 saturated carbocycles. The fourth-order valence-corrected chi connectivity index (χ4v) is 6.58. The van der Waals surface area contributed by atoms with Crippen molar-refractivity contribution in [3.05, 3.63) is 59.4 Å². The molecule has 1 saturated heterocycles. The first kappa shape index (κ1) is 21.7. The minimum Gasteiger partial charge on any atom is -0.382 e. The molecule has 0 aromatic carbocycles. The second-order valence-electron chi connectivity index (χ2n) is 9.16. The molecule has 1 aliphatic heterocycles. The maximum absolute atomic E-state index is 6.73. The number of rotatable bonds is 3. The highest BCUT2D eigenvalue weighted by Crippen LogP contribution is 2.50. The summed E-state index contributed by atoms with van der Waals surface area (Å²) < 4.78 is 2.05. The van der Waals surface area contributed by atoms with Crippen molar-refractivity contribution in [2.45, 2.75) is 35.1 Å². The quantitative estimate of drug-likeness (QED) is 0.420. The number of fused-ring (bicyclic) bond motifs is 2. The number of pyridine rings is 2. The fraction of sp³-hybridized carbons (Fsp3) is 0.304. The summed E-state index contributed by atoms with van der Waals surface area (Å²) in [5.41, 5.74) is 16.9. The number of anilines is 2. The molecule has 6 rings (SSSR count). The van der Waals surface area contributed by atoms with Gasteiger partial charge in [-0.25, -0.2) is 15.0 Å². The molecule has 11 heteroatoms. The van der Waals surface area contributed by atoms with Crippen LogP contribution in [0.4, 0.5) is 11.8 Å². The smallest absolute Gasteiger partial charge is 0.211 e. The maximum Gasteiger partial charge on any atom is 0.211 e. The van der Waals surface area contributed by atoms with Gasteiger partial charge in [0, 0.05) is 60.7 Å². The molecule has 1 aliphatic carbocycles.